The summed E-state index contributed by atoms with van der Waals surface area (Å²) in [6.45, 7) is 5.57. The van der Waals surface area contributed by atoms with Crippen LogP contribution in [-0.4, -0.2) is 83.8 Å². The van der Waals surface area contributed by atoms with Crippen LogP contribution in [0.2, 0.25) is 0 Å². The summed E-state index contributed by atoms with van der Waals surface area (Å²) in [5.41, 5.74) is 3.49. The molecule has 4 aliphatic heterocycles. The predicted molar refractivity (Wildman–Crippen MR) is 184 cm³/mol. The van der Waals surface area contributed by atoms with Gasteiger partial charge in [-0.25, -0.2) is 9.80 Å². The molecule has 7 rings (SSSR count). The predicted octanol–water partition coefficient (Wildman–Crippen LogP) is 3.46. The third-order valence-electron chi connectivity index (χ3n) is 10.2. The van der Waals surface area contributed by atoms with Crippen molar-refractivity contribution >= 4 is 35.0 Å². The smallest absolute Gasteiger partial charge is 0.251 e. The zero-order valence-electron chi connectivity index (χ0n) is 27.3. The summed E-state index contributed by atoms with van der Waals surface area (Å²) in [6.07, 6.45) is 3.90. The molecule has 2 unspecified atom stereocenters. The second-order valence-electron chi connectivity index (χ2n) is 13.6. The summed E-state index contributed by atoms with van der Waals surface area (Å²) < 4.78 is 0. The van der Waals surface area contributed by atoms with Crippen LogP contribution >= 0.6 is 0 Å². The summed E-state index contributed by atoms with van der Waals surface area (Å²) in [5, 5.41) is 6.91. The van der Waals surface area contributed by atoms with E-state index in [2.05, 4.69) is 69.0 Å². The van der Waals surface area contributed by atoms with Crippen LogP contribution in [0.3, 0.4) is 0 Å². The lowest BCUT2D eigenvalue weighted by Gasteiger charge is -2.33. The molecule has 48 heavy (non-hydrogen) atoms. The van der Waals surface area contributed by atoms with E-state index in [-0.39, 0.29) is 48.6 Å². The van der Waals surface area contributed by atoms with Crippen LogP contribution in [0.15, 0.2) is 84.9 Å². The number of nitrogens with one attached hydrogen (secondary N) is 2. The highest BCUT2D eigenvalue weighted by molar-refractivity contribution is 6.24. The molecule has 0 radical (unpaired) electrons. The van der Waals surface area contributed by atoms with E-state index in [1.165, 1.54) is 20.9 Å². The van der Waals surface area contributed by atoms with Gasteiger partial charge in [-0.1, -0.05) is 60.7 Å². The third kappa shape index (κ3) is 7.27. The maximum absolute atomic E-state index is 13.4. The number of hydrogen-bond donors (Lipinski definition) is 2. The van der Waals surface area contributed by atoms with Gasteiger partial charge in [-0.2, -0.15) is 0 Å². The molecule has 0 spiro atoms. The number of anilines is 2. The van der Waals surface area contributed by atoms with E-state index in [1.807, 2.05) is 12.1 Å². The minimum Gasteiger partial charge on any atom is -0.303 e. The van der Waals surface area contributed by atoms with Gasteiger partial charge in [0.05, 0.1) is 36.3 Å². The average Bonchev–Trinajstić information content (AvgIpc) is 3.55. The Morgan fingerprint density at radius 2 is 0.854 bits per heavy atom. The van der Waals surface area contributed by atoms with Crippen LogP contribution in [0.25, 0.3) is 0 Å². The summed E-state index contributed by atoms with van der Waals surface area (Å²) in [4.78, 5) is 60.1. The molecule has 2 atom stereocenters. The Morgan fingerprint density at radius 1 is 0.500 bits per heavy atom. The lowest BCUT2D eigenvalue weighted by atomic mass is 10.0. The fraction of sp³-hybridized carbons (Fsp3) is 0.421. The largest absolute Gasteiger partial charge is 0.303 e. The van der Waals surface area contributed by atoms with E-state index in [0.29, 0.717) is 11.4 Å². The highest BCUT2D eigenvalue weighted by atomic mass is 16.2. The topological polar surface area (TPSA) is 105 Å². The first-order chi connectivity index (χ1) is 23.4. The molecule has 10 nitrogen and oxygen atoms in total. The van der Waals surface area contributed by atoms with Gasteiger partial charge in [0.25, 0.3) is 11.8 Å². The molecule has 4 aliphatic rings. The standard InChI is InChI=1S/C38H44N6O4/c45-35-23-33(39-29-15-19-41(20-16-29)25-27-7-3-1-4-8-27)37(47)43(35)31-11-13-32(14-12-31)44-36(46)24-34(38(44)48)40-30-17-21-42(22-18-30)26-28-9-5-2-6-10-28/h1-14,29-30,33-34,39-40H,15-26H2. The van der Waals surface area contributed by atoms with Crippen LogP contribution in [0, 0.1) is 0 Å². The molecule has 250 valence electrons. The van der Waals surface area contributed by atoms with Crippen LogP contribution in [0.5, 0.6) is 0 Å². The monoisotopic (exact) mass is 648 g/mol. The van der Waals surface area contributed by atoms with E-state index < -0.39 is 12.1 Å². The molecule has 2 N–H and O–H groups in total. The van der Waals surface area contributed by atoms with E-state index in [9.17, 15) is 19.2 Å². The number of nitrogens with zero attached hydrogens (tertiary/aromatic N) is 4. The van der Waals surface area contributed by atoms with Crippen molar-refractivity contribution in [2.75, 3.05) is 36.0 Å². The molecular weight excluding hydrogens is 604 g/mol. The molecule has 3 aromatic carbocycles. The summed E-state index contributed by atoms with van der Waals surface area (Å²) in [6, 6.07) is 26.7. The Hall–Kier alpha value is -4.22. The fourth-order valence-corrected chi connectivity index (χ4v) is 7.59. The van der Waals surface area contributed by atoms with E-state index >= 15 is 0 Å². The molecular formula is C38H44N6O4. The van der Waals surface area contributed by atoms with E-state index in [4.69, 9.17) is 0 Å². The molecule has 4 saturated heterocycles. The van der Waals surface area contributed by atoms with Crippen molar-refractivity contribution in [3.8, 4) is 0 Å². The molecule has 0 bridgehead atoms. The lowest BCUT2D eigenvalue weighted by molar-refractivity contribution is -0.123. The zero-order valence-corrected chi connectivity index (χ0v) is 27.3. The number of likely N-dealkylation sites (tertiary alicyclic amines) is 2. The minimum absolute atomic E-state index is 0.118. The first-order valence-corrected chi connectivity index (χ1v) is 17.3. The molecule has 4 heterocycles. The molecule has 4 amide bonds. The second-order valence-corrected chi connectivity index (χ2v) is 13.6. The number of carbonyl (C=O) groups is 4. The van der Waals surface area contributed by atoms with Crippen LogP contribution in [-0.2, 0) is 32.3 Å². The second kappa shape index (κ2) is 14.5. The van der Waals surface area contributed by atoms with Crippen molar-refractivity contribution in [2.45, 2.75) is 75.8 Å². The Kier molecular flexibility index (Phi) is 9.76. The Morgan fingerprint density at radius 3 is 1.21 bits per heavy atom. The van der Waals surface area contributed by atoms with Gasteiger partial charge in [0.15, 0.2) is 0 Å². The average molecular weight is 649 g/mol. The number of imide groups is 2. The molecule has 0 saturated carbocycles. The van der Waals surface area contributed by atoms with Gasteiger partial charge in [-0.3, -0.25) is 29.0 Å². The van der Waals surface area contributed by atoms with Gasteiger partial charge >= 0.3 is 0 Å². The van der Waals surface area contributed by atoms with Crippen LogP contribution in [0.1, 0.15) is 49.7 Å². The number of carbonyl (C=O) groups excluding carboxylic acids is 4. The van der Waals surface area contributed by atoms with Gasteiger partial charge in [0, 0.05) is 25.2 Å². The van der Waals surface area contributed by atoms with Gasteiger partial charge in [0.2, 0.25) is 11.8 Å². The molecule has 10 heteroatoms. The molecule has 0 aromatic heterocycles. The molecule has 3 aromatic rings. The number of amides is 4. The third-order valence-corrected chi connectivity index (χ3v) is 10.2. The Bertz CT molecular complexity index is 1480. The Labute approximate surface area is 282 Å². The highest BCUT2D eigenvalue weighted by Crippen LogP contribution is 2.29. The van der Waals surface area contributed by atoms with Crippen molar-refractivity contribution in [2.24, 2.45) is 0 Å². The zero-order chi connectivity index (χ0) is 33.0. The van der Waals surface area contributed by atoms with Gasteiger partial charge in [0.1, 0.15) is 0 Å². The highest BCUT2D eigenvalue weighted by Gasteiger charge is 2.42. The first-order valence-electron chi connectivity index (χ1n) is 17.3. The number of rotatable bonds is 10. The van der Waals surface area contributed by atoms with Crippen molar-refractivity contribution in [1.29, 1.82) is 0 Å². The SMILES string of the molecule is O=C1CC(NC2CCN(Cc3ccccc3)CC2)C(=O)N1c1ccc(N2C(=O)CC(NC3CCN(Cc4ccccc4)CC3)C2=O)cc1. The van der Waals surface area contributed by atoms with Crippen molar-refractivity contribution in [3.05, 3.63) is 96.1 Å². The summed E-state index contributed by atoms with van der Waals surface area (Å²) >= 11 is 0. The fourth-order valence-electron chi connectivity index (χ4n) is 7.59. The van der Waals surface area contributed by atoms with Gasteiger partial charge < -0.3 is 10.6 Å². The number of hydrogen-bond acceptors (Lipinski definition) is 8. The molecule has 0 aliphatic carbocycles. The van der Waals surface area contributed by atoms with E-state index in [0.717, 1.165) is 65.0 Å². The maximum atomic E-state index is 13.4. The van der Waals surface area contributed by atoms with Gasteiger partial charge in [-0.15, -0.1) is 0 Å². The lowest BCUT2D eigenvalue weighted by Crippen LogP contribution is -2.48. The minimum atomic E-state index is -0.554. The van der Waals surface area contributed by atoms with Crippen LogP contribution < -0.4 is 20.4 Å². The normalized spacial score (nSPS) is 23.5. The number of benzene rings is 3. The molecule has 4 fully saturated rings. The summed E-state index contributed by atoms with van der Waals surface area (Å²) in [7, 11) is 0. The maximum Gasteiger partial charge on any atom is 0.251 e. The number of piperidine rings is 2. The van der Waals surface area contributed by atoms with Crippen molar-refractivity contribution in [1.82, 2.24) is 20.4 Å². The first kappa shape index (κ1) is 32.3. The van der Waals surface area contributed by atoms with Crippen molar-refractivity contribution < 1.29 is 19.2 Å². The summed E-state index contributed by atoms with van der Waals surface area (Å²) in [5.74, 6) is -1.02. The van der Waals surface area contributed by atoms with Crippen LogP contribution in [0.4, 0.5) is 11.4 Å². The van der Waals surface area contributed by atoms with Crippen molar-refractivity contribution in [3.63, 3.8) is 0 Å². The Balaban J connectivity index is 0.896. The van der Waals surface area contributed by atoms with E-state index in [1.54, 1.807) is 24.3 Å². The van der Waals surface area contributed by atoms with Gasteiger partial charge in [-0.05, 0) is 87.3 Å². The quantitative estimate of drug-likeness (QED) is 0.323.